The van der Waals surface area contributed by atoms with Gasteiger partial charge < -0.3 is 15.4 Å². The molecular formula is C21H20N2O3S. The largest absolute Gasteiger partial charge is 0.457 e. The van der Waals surface area contributed by atoms with Crippen molar-refractivity contribution in [3.63, 3.8) is 0 Å². The number of amides is 2. The summed E-state index contributed by atoms with van der Waals surface area (Å²) in [5.41, 5.74) is 0.886. The van der Waals surface area contributed by atoms with Gasteiger partial charge >= 0.3 is 0 Å². The Morgan fingerprint density at radius 3 is 2.44 bits per heavy atom. The molecule has 0 aliphatic rings. The molecule has 0 fully saturated rings. The van der Waals surface area contributed by atoms with Gasteiger partial charge in [-0.2, -0.15) is 0 Å². The number of thiophene rings is 1. The summed E-state index contributed by atoms with van der Waals surface area (Å²) in [5, 5.41) is 7.45. The van der Waals surface area contributed by atoms with Gasteiger partial charge in [-0.3, -0.25) is 9.59 Å². The fourth-order valence-electron chi connectivity index (χ4n) is 2.43. The molecule has 0 spiro atoms. The first-order valence-electron chi connectivity index (χ1n) is 8.61. The first-order chi connectivity index (χ1) is 13.2. The van der Waals surface area contributed by atoms with Crippen molar-refractivity contribution in [1.82, 2.24) is 10.6 Å². The van der Waals surface area contributed by atoms with Crippen molar-refractivity contribution in [2.75, 3.05) is 6.54 Å². The molecule has 0 saturated carbocycles. The zero-order chi connectivity index (χ0) is 18.9. The Morgan fingerprint density at radius 2 is 1.67 bits per heavy atom. The Balaban J connectivity index is 1.47. The lowest BCUT2D eigenvalue weighted by atomic mass is 10.2. The van der Waals surface area contributed by atoms with Gasteiger partial charge in [0.25, 0.3) is 5.91 Å². The molecule has 3 rings (SSSR count). The van der Waals surface area contributed by atoms with Gasteiger partial charge in [0.1, 0.15) is 11.5 Å². The zero-order valence-electron chi connectivity index (χ0n) is 14.7. The SMILES string of the molecule is O=C(CCNC(=O)c1cccs1)NCc1ccccc1Oc1ccccc1. The highest BCUT2D eigenvalue weighted by Crippen LogP contribution is 2.24. The fraction of sp³-hybridized carbons (Fsp3) is 0.143. The molecule has 27 heavy (non-hydrogen) atoms. The van der Waals surface area contributed by atoms with E-state index in [1.54, 1.807) is 6.07 Å². The molecule has 0 atom stereocenters. The van der Waals surface area contributed by atoms with Gasteiger partial charge in [0.2, 0.25) is 5.91 Å². The minimum Gasteiger partial charge on any atom is -0.457 e. The molecule has 0 unspecified atom stereocenters. The smallest absolute Gasteiger partial charge is 0.261 e. The summed E-state index contributed by atoms with van der Waals surface area (Å²) in [6.45, 7) is 0.658. The maximum Gasteiger partial charge on any atom is 0.261 e. The summed E-state index contributed by atoms with van der Waals surface area (Å²) < 4.78 is 5.89. The molecule has 0 radical (unpaired) electrons. The summed E-state index contributed by atoms with van der Waals surface area (Å²) in [6.07, 6.45) is 0.221. The number of para-hydroxylation sites is 2. The molecule has 0 saturated heterocycles. The average Bonchev–Trinajstić information content (AvgIpc) is 3.23. The number of hydrogen-bond acceptors (Lipinski definition) is 4. The number of benzene rings is 2. The summed E-state index contributed by atoms with van der Waals surface area (Å²) in [5.74, 6) is 1.16. The monoisotopic (exact) mass is 380 g/mol. The van der Waals surface area contributed by atoms with Crippen LogP contribution in [-0.2, 0) is 11.3 Å². The Bertz CT molecular complexity index is 879. The van der Waals surface area contributed by atoms with Crippen molar-refractivity contribution < 1.29 is 14.3 Å². The predicted molar refractivity (Wildman–Crippen MR) is 106 cm³/mol. The van der Waals surface area contributed by atoms with Crippen LogP contribution in [0.2, 0.25) is 0 Å². The number of ether oxygens (including phenoxy) is 1. The zero-order valence-corrected chi connectivity index (χ0v) is 15.5. The molecule has 1 heterocycles. The van der Waals surface area contributed by atoms with Crippen LogP contribution in [0.15, 0.2) is 72.1 Å². The lowest BCUT2D eigenvalue weighted by Crippen LogP contribution is -2.30. The second kappa shape index (κ2) is 9.54. The van der Waals surface area contributed by atoms with Crippen LogP contribution in [0.1, 0.15) is 21.7 Å². The molecule has 138 valence electrons. The quantitative estimate of drug-likeness (QED) is 0.621. The van der Waals surface area contributed by atoms with Crippen molar-refractivity contribution in [3.05, 3.63) is 82.6 Å². The fourth-order valence-corrected chi connectivity index (χ4v) is 3.07. The topological polar surface area (TPSA) is 67.4 Å². The normalized spacial score (nSPS) is 10.2. The minimum absolute atomic E-state index is 0.129. The van der Waals surface area contributed by atoms with Gasteiger partial charge in [0, 0.05) is 25.1 Å². The summed E-state index contributed by atoms with van der Waals surface area (Å²) >= 11 is 1.37. The second-order valence-electron chi connectivity index (χ2n) is 5.78. The van der Waals surface area contributed by atoms with Crippen LogP contribution in [-0.4, -0.2) is 18.4 Å². The number of nitrogens with one attached hydrogen (secondary N) is 2. The van der Waals surface area contributed by atoms with Gasteiger partial charge in [-0.1, -0.05) is 42.5 Å². The standard InChI is InChI=1S/C21H20N2O3S/c24-20(12-13-22-21(25)19-11-6-14-27-19)23-15-16-7-4-5-10-18(16)26-17-8-2-1-3-9-17/h1-11,14H,12-13,15H2,(H,22,25)(H,23,24). The van der Waals surface area contributed by atoms with Gasteiger partial charge in [0.05, 0.1) is 4.88 Å². The van der Waals surface area contributed by atoms with Gasteiger partial charge in [-0.05, 0) is 29.6 Å². The Morgan fingerprint density at radius 1 is 0.889 bits per heavy atom. The predicted octanol–water partition coefficient (Wildman–Crippen LogP) is 3.98. The molecule has 2 amide bonds. The van der Waals surface area contributed by atoms with Crippen LogP contribution in [0.4, 0.5) is 0 Å². The van der Waals surface area contributed by atoms with Crippen LogP contribution < -0.4 is 15.4 Å². The van der Waals surface area contributed by atoms with Crippen LogP contribution >= 0.6 is 11.3 Å². The van der Waals surface area contributed by atoms with Gasteiger partial charge in [-0.15, -0.1) is 11.3 Å². The summed E-state index contributed by atoms with van der Waals surface area (Å²) in [7, 11) is 0. The number of carbonyl (C=O) groups excluding carboxylic acids is 2. The third-order valence-electron chi connectivity index (χ3n) is 3.80. The van der Waals surface area contributed by atoms with E-state index in [0.717, 1.165) is 11.3 Å². The Kier molecular flexibility index (Phi) is 6.60. The Hall–Kier alpha value is -3.12. The maximum absolute atomic E-state index is 12.1. The minimum atomic E-state index is -0.153. The third kappa shape index (κ3) is 5.69. The Labute approximate surface area is 162 Å². The number of carbonyl (C=O) groups is 2. The van der Waals surface area contributed by atoms with E-state index < -0.39 is 0 Å². The first-order valence-corrected chi connectivity index (χ1v) is 9.49. The third-order valence-corrected chi connectivity index (χ3v) is 4.67. The highest BCUT2D eigenvalue weighted by atomic mass is 32.1. The molecule has 2 N–H and O–H groups in total. The summed E-state index contributed by atoms with van der Waals surface area (Å²) in [6, 6.07) is 20.7. The van der Waals surface area contributed by atoms with Crippen molar-refractivity contribution in [3.8, 4) is 11.5 Å². The van der Waals surface area contributed by atoms with Gasteiger partial charge in [0.15, 0.2) is 0 Å². The van der Waals surface area contributed by atoms with E-state index >= 15 is 0 Å². The number of rotatable bonds is 8. The lowest BCUT2D eigenvalue weighted by Gasteiger charge is -2.12. The van der Waals surface area contributed by atoms with E-state index in [4.69, 9.17) is 4.74 Å². The molecule has 2 aromatic carbocycles. The van der Waals surface area contributed by atoms with Crippen LogP contribution in [0.3, 0.4) is 0 Å². The maximum atomic E-state index is 12.1. The highest BCUT2D eigenvalue weighted by Gasteiger charge is 2.09. The summed E-state index contributed by atoms with van der Waals surface area (Å²) in [4.78, 5) is 24.5. The molecule has 5 nitrogen and oxygen atoms in total. The van der Waals surface area contributed by atoms with Crippen molar-refractivity contribution in [1.29, 1.82) is 0 Å². The van der Waals surface area contributed by atoms with E-state index in [1.807, 2.05) is 66.0 Å². The van der Waals surface area contributed by atoms with Gasteiger partial charge in [-0.25, -0.2) is 0 Å². The van der Waals surface area contributed by atoms with E-state index in [0.29, 0.717) is 23.7 Å². The van der Waals surface area contributed by atoms with E-state index in [-0.39, 0.29) is 18.2 Å². The molecule has 1 aromatic heterocycles. The van der Waals surface area contributed by atoms with Crippen LogP contribution in [0.5, 0.6) is 11.5 Å². The van der Waals surface area contributed by atoms with Crippen LogP contribution in [0.25, 0.3) is 0 Å². The van der Waals surface area contributed by atoms with E-state index in [1.165, 1.54) is 11.3 Å². The first kappa shape index (κ1) is 18.7. The molecular weight excluding hydrogens is 360 g/mol. The lowest BCUT2D eigenvalue weighted by molar-refractivity contribution is -0.121. The highest BCUT2D eigenvalue weighted by molar-refractivity contribution is 7.12. The van der Waals surface area contributed by atoms with Crippen molar-refractivity contribution in [2.45, 2.75) is 13.0 Å². The van der Waals surface area contributed by atoms with Crippen molar-refractivity contribution in [2.24, 2.45) is 0 Å². The molecule has 0 aliphatic carbocycles. The molecule has 0 bridgehead atoms. The van der Waals surface area contributed by atoms with E-state index in [9.17, 15) is 9.59 Å². The number of hydrogen-bond donors (Lipinski definition) is 2. The molecule has 3 aromatic rings. The average molecular weight is 380 g/mol. The molecule has 0 aliphatic heterocycles. The second-order valence-corrected chi connectivity index (χ2v) is 6.73. The molecule has 6 heteroatoms. The van der Waals surface area contributed by atoms with Crippen molar-refractivity contribution >= 4 is 23.2 Å². The van der Waals surface area contributed by atoms with E-state index in [2.05, 4.69) is 10.6 Å². The van der Waals surface area contributed by atoms with Crippen LogP contribution in [0, 0.1) is 0 Å².